The normalized spacial score (nSPS) is 17.1. The molecule has 0 aliphatic rings. The molecule has 0 bridgehead atoms. The summed E-state index contributed by atoms with van der Waals surface area (Å²) in [5.74, 6) is 0.775. The lowest BCUT2D eigenvalue weighted by atomic mass is 9.93. The van der Waals surface area contributed by atoms with Gasteiger partial charge in [-0.25, -0.2) is 0 Å². The molecule has 0 aromatic heterocycles. The van der Waals surface area contributed by atoms with Crippen LogP contribution in [0.4, 0.5) is 0 Å². The van der Waals surface area contributed by atoms with E-state index in [0.717, 1.165) is 5.70 Å². The highest BCUT2D eigenvalue weighted by atomic mass is 14.6. The first-order valence-corrected chi connectivity index (χ1v) is 3.84. The zero-order chi connectivity index (χ0) is 8.85. The van der Waals surface area contributed by atoms with Gasteiger partial charge in [0.25, 0.3) is 0 Å². The lowest BCUT2D eigenvalue weighted by Crippen LogP contribution is -2.14. The molecule has 0 amide bonds. The van der Waals surface area contributed by atoms with Crippen LogP contribution in [0.15, 0.2) is 37.1 Å². The van der Waals surface area contributed by atoms with Gasteiger partial charge in [-0.2, -0.15) is 0 Å². The molecule has 2 N–H and O–H groups in total. The van der Waals surface area contributed by atoms with Gasteiger partial charge in [0.15, 0.2) is 0 Å². The van der Waals surface area contributed by atoms with Gasteiger partial charge in [-0.15, -0.1) is 6.58 Å². The van der Waals surface area contributed by atoms with Crippen molar-refractivity contribution in [2.75, 3.05) is 0 Å². The van der Waals surface area contributed by atoms with Crippen LogP contribution in [0.5, 0.6) is 0 Å². The van der Waals surface area contributed by atoms with Crippen molar-refractivity contribution >= 4 is 0 Å². The number of allylic oxidation sites excluding steroid dienone is 4. The van der Waals surface area contributed by atoms with Crippen molar-refractivity contribution in [3.8, 4) is 0 Å². The lowest BCUT2D eigenvalue weighted by molar-refractivity contribution is 0.525. The fraction of sp³-hybridized carbons (Fsp3) is 0.400. The van der Waals surface area contributed by atoms with Crippen molar-refractivity contribution in [1.82, 2.24) is 0 Å². The highest BCUT2D eigenvalue weighted by Gasteiger charge is 2.09. The zero-order valence-electron chi connectivity index (χ0n) is 7.38. The van der Waals surface area contributed by atoms with Gasteiger partial charge in [0, 0.05) is 11.6 Å². The summed E-state index contributed by atoms with van der Waals surface area (Å²) in [5.41, 5.74) is 6.61. The maximum atomic E-state index is 5.75. The maximum absolute atomic E-state index is 5.75. The van der Waals surface area contributed by atoms with Crippen molar-refractivity contribution in [3.63, 3.8) is 0 Å². The minimum Gasteiger partial charge on any atom is -0.402 e. The predicted molar refractivity (Wildman–Crippen MR) is 51.0 cm³/mol. The van der Waals surface area contributed by atoms with Crippen LogP contribution >= 0.6 is 0 Å². The van der Waals surface area contributed by atoms with E-state index in [9.17, 15) is 0 Å². The first-order chi connectivity index (χ1) is 5.13. The molecule has 0 fully saturated rings. The minimum atomic E-state index is 0.352. The van der Waals surface area contributed by atoms with Gasteiger partial charge >= 0.3 is 0 Å². The molecular formula is C10H17N. The van der Waals surface area contributed by atoms with Gasteiger partial charge in [-0.3, -0.25) is 0 Å². The largest absolute Gasteiger partial charge is 0.402 e. The second kappa shape index (κ2) is 4.78. The molecule has 2 atom stereocenters. The maximum Gasteiger partial charge on any atom is 0.0115 e. The minimum absolute atomic E-state index is 0.352. The van der Waals surface area contributed by atoms with Crippen molar-refractivity contribution in [2.24, 2.45) is 17.6 Å². The summed E-state index contributed by atoms with van der Waals surface area (Å²) in [5, 5.41) is 0. The average molecular weight is 151 g/mol. The van der Waals surface area contributed by atoms with Gasteiger partial charge < -0.3 is 5.73 Å². The number of nitrogens with two attached hydrogens (primary N) is 1. The third kappa shape index (κ3) is 3.08. The standard InChI is InChI=1S/C10H17N/c1-5-7-10(11)9(4)8(3)6-2/h5-9H,1-2,11H2,3-4H3/b10-7+/t8-,9?/m1/s1. The van der Waals surface area contributed by atoms with E-state index in [-0.39, 0.29) is 0 Å². The van der Waals surface area contributed by atoms with Gasteiger partial charge in [-0.05, 0) is 12.0 Å². The van der Waals surface area contributed by atoms with E-state index >= 15 is 0 Å². The van der Waals surface area contributed by atoms with Crippen LogP contribution in [0, 0.1) is 11.8 Å². The van der Waals surface area contributed by atoms with E-state index in [1.165, 1.54) is 0 Å². The third-order valence-electron chi connectivity index (χ3n) is 2.00. The summed E-state index contributed by atoms with van der Waals surface area (Å²) < 4.78 is 0. The van der Waals surface area contributed by atoms with E-state index in [1.54, 1.807) is 6.08 Å². The van der Waals surface area contributed by atoms with E-state index in [2.05, 4.69) is 27.0 Å². The van der Waals surface area contributed by atoms with Crippen LogP contribution in [0.2, 0.25) is 0 Å². The summed E-state index contributed by atoms with van der Waals surface area (Å²) >= 11 is 0. The fourth-order valence-electron chi connectivity index (χ4n) is 0.796. The fourth-order valence-corrected chi connectivity index (χ4v) is 0.796. The molecule has 1 unspecified atom stereocenters. The molecule has 0 spiro atoms. The molecule has 62 valence electrons. The first kappa shape index (κ1) is 10.0. The molecule has 0 saturated carbocycles. The predicted octanol–water partition coefficient (Wildman–Crippen LogP) is 2.47. The van der Waals surface area contributed by atoms with Crippen molar-refractivity contribution in [1.29, 1.82) is 0 Å². The molecule has 0 aliphatic carbocycles. The molecular weight excluding hydrogens is 134 g/mol. The van der Waals surface area contributed by atoms with Crippen molar-refractivity contribution in [3.05, 3.63) is 37.1 Å². The smallest absolute Gasteiger partial charge is 0.0115 e. The van der Waals surface area contributed by atoms with Crippen LogP contribution < -0.4 is 5.73 Å². The molecule has 0 saturated heterocycles. The Hall–Kier alpha value is -0.980. The van der Waals surface area contributed by atoms with Gasteiger partial charge in [0.05, 0.1) is 0 Å². The van der Waals surface area contributed by atoms with Gasteiger partial charge in [0.1, 0.15) is 0 Å². The van der Waals surface area contributed by atoms with Gasteiger partial charge in [0.2, 0.25) is 0 Å². The van der Waals surface area contributed by atoms with Crippen LogP contribution in [0.3, 0.4) is 0 Å². The van der Waals surface area contributed by atoms with Gasteiger partial charge in [-0.1, -0.05) is 32.6 Å². The molecule has 0 aliphatic heterocycles. The van der Waals surface area contributed by atoms with Crippen LogP contribution in [0.25, 0.3) is 0 Å². The molecule has 0 radical (unpaired) electrons. The summed E-state index contributed by atoms with van der Waals surface area (Å²) in [4.78, 5) is 0. The van der Waals surface area contributed by atoms with Crippen molar-refractivity contribution in [2.45, 2.75) is 13.8 Å². The van der Waals surface area contributed by atoms with E-state index in [1.807, 2.05) is 12.2 Å². The molecule has 11 heavy (non-hydrogen) atoms. The van der Waals surface area contributed by atoms with Crippen LogP contribution in [0.1, 0.15) is 13.8 Å². The topological polar surface area (TPSA) is 26.0 Å². The Kier molecular flexibility index (Phi) is 4.35. The van der Waals surface area contributed by atoms with E-state index in [0.29, 0.717) is 11.8 Å². The Labute approximate surface area is 69.3 Å². The van der Waals surface area contributed by atoms with E-state index in [4.69, 9.17) is 5.73 Å². The summed E-state index contributed by atoms with van der Waals surface area (Å²) in [6.45, 7) is 11.5. The molecule has 0 aromatic rings. The Morgan fingerprint density at radius 1 is 1.36 bits per heavy atom. The number of hydrogen-bond acceptors (Lipinski definition) is 1. The monoisotopic (exact) mass is 151 g/mol. The van der Waals surface area contributed by atoms with Crippen molar-refractivity contribution < 1.29 is 0 Å². The SMILES string of the molecule is C=C/C=C(/N)C(C)[C@H](C)C=C. The first-order valence-electron chi connectivity index (χ1n) is 3.84. The molecule has 1 nitrogen and oxygen atoms in total. The molecule has 1 heteroatoms. The highest BCUT2D eigenvalue weighted by molar-refractivity contribution is 5.11. The Morgan fingerprint density at radius 3 is 2.27 bits per heavy atom. The number of rotatable bonds is 4. The zero-order valence-corrected chi connectivity index (χ0v) is 7.38. The summed E-state index contributed by atoms with van der Waals surface area (Å²) in [6.07, 6.45) is 5.46. The molecule has 0 heterocycles. The molecule has 0 rings (SSSR count). The van der Waals surface area contributed by atoms with E-state index < -0.39 is 0 Å². The highest BCUT2D eigenvalue weighted by Crippen LogP contribution is 2.16. The third-order valence-corrected chi connectivity index (χ3v) is 2.00. The summed E-state index contributed by atoms with van der Waals surface area (Å²) in [7, 11) is 0. The average Bonchev–Trinajstić information content (AvgIpc) is 2.02. The summed E-state index contributed by atoms with van der Waals surface area (Å²) in [6, 6.07) is 0. The Morgan fingerprint density at radius 2 is 1.91 bits per heavy atom. The second-order valence-corrected chi connectivity index (χ2v) is 2.79. The lowest BCUT2D eigenvalue weighted by Gasteiger charge is -2.15. The second-order valence-electron chi connectivity index (χ2n) is 2.79. The Bertz CT molecular complexity index is 168. The van der Waals surface area contributed by atoms with Crippen LogP contribution in [-0.4, -0.2) is 0 Å². The Balaban J connectivity index is 4.22. The number of hydrogen-bond donors (Lipinski definition) is 1. The molecule has 0 aromatic carbocycles. The quantitative estimate of drug-likeness (QED) is 0.485. The van der Waals surface area contributed by atoms with Crippen LogP contribution in [-0.2, 0) is 0 Å².